The molecule has 0 aliphatic rings. The van der Waals surface area contributed by atoms with Crippen LogP contribution in [0.4, 0.5) is 13.2 Å². The molecule has 2 nitrogen and oxygen atoms in total. The SMILES string of the molecule is CC(C)n1nccc1SC(F)(F)F. The Balaban J connectivity index is 2.83. The number of rotatable bonds is 2. The molecule has 1 aromatic heterocycles. The number of halogens is 3. The van der Waals surface area contributed by atoms with Crippen molar-refractivity contribution in [1.29, 1.82) is 0 Å². The van der Waals surface area contributed by atoms with Gasteiger partial charge < -0.3 is 0 Å². The van der Waals surface area contributed by atoms with Gasteiger partial charge in [0.1, 0.15) is 5.03 Å². The minimum atomic E-state index is -4.24. The molecule has 6 heteroatoms. The quantitative estimate of drug-likeness (QED) is 0.698. The summed E-state index contributed by atoms with van der Waals surface area (Å²) in [6.07, 6.45) is 1.37. The molecule has 0 saturated carbocycles. The third kappa shape index (κ3) is 2.95. The van der Waals surface area contributed by atoms with E-state index in [1.54, 1.807) is 13.8 Å². The zero-order valence-corrected chi connectivity index (χ0v) is 7.99. The lowest BCUT2D eigenvalue weighted by atomic mass is 10.4. The topological polar surface area (TPSA) is 17.8 Å². The average Bonchev–Trinajstić information content (AvgIpc) is 2.31. The summed E-state index contributed by atoms with van der Waals surface area (Å²) in [7, 11) is 0. The van der Waals surface area contributed by atoms with Crippen LogP contribution in [0.2, 0.25) is 0 Å². The first kappa shape index (κ1) is 10.4. The predicted molar refractivity (Wildman–Crippen MR) is 44.5 cm³/mol. The number of nitrogens with zero attached hydrogens (tertiary/aromatic N) is 2. The molecular formula is C7H9F3N2S. The molecule has 1 aromatic rings. The summed E-state index contributed by atoms with van der Waals surface area (Å²) in [5.41, 5.74) is -4.24. The molecule has 1 rings (SSSR count). The highest BCUT2D eigenvalue weighted by Crippen LogP contribution is 2.37. The Morgan fingerprint density at radius 3 is 2.54 bits per heavy atom. The van der Waals surface area contributed by atoms with Crippen LogP contribution < -0.4 is 0 Å². The van der Waals surface area contributed by atoms with Gasteiger partial charge >= 0.3 is 5.51 Å². The summed E-state index contributed by atoms with van der Waals surface area (Å²) in [5, 5.41) is 3.92. The van der Waals surface area contributed by atoms with Crippen LogP contribution in [0, 0.1) is 0 Å². The van der Waals surface area contributed by atoms with Crippen LogP contribution >= 0.6 is 11.8 Å². The van der Waals surface area contributed by atoms with Crippen LogP contribution in [0.5, 0.6) is 0 Å². The van der Waals surface area contributed by atoms with Crippen LogP contribution in [0.15, 0.2) is 17.3 Å². The average molecular weight is 210 g/mol. The normalized spacial score (nSPS) is 12.5. The number of hydrogen-bond acceptors (Lipinski definition) is 2. The molecule has 13 heavy (non-hydrogen) atoms. The Morgan fingerprint density at radius 1 is 1.46 bits per heavy atom. The summed E-state index contributed by atoms with van der Waals surface area (Å²) in [4.78, 5) is 0. The van der Waals surface area contributed by atoms with E-state index in [1.807, 2.05) is 0 Å². The van der Waals surface area contributed by atoms with E-state index in [4.69, 9.17) is 0 Å². The maximum atomic E-state index is 12.0. The first-order chi connectivity index (χ1) is 5.90. The van der Waals surface area contributed by atoms with E-state index in [9.17, 15) is 13.2 Å². The van der Waals surface area contributed by atoms with E-state index >= 15 is 0 Å². The fourth-order valence-electron chi connectivity index (χ4n) is 0.889. The summed E-state index contributed by atoms with van der Waals surface area (Å²) >= 11 is -0.137. The Morgan fingerprint density at radius 2 is 2.08 bits per heavy atom. The van der Waals surface area contributed by atoms with Crippen LogP contribution in [0.25, 0.3) is 0 Å². The minimum Gasteiger partial charge on any atom is -0.256 e. The number of hydrogen-bond donors (Lipinski definition) is 0. The fourth-order valence-corrected chi connectivity index (χ4v) is 1.61. The van der Waals surface area contributed by atoms with Crippen LogP contribution in [0.3, 0.4) is 0 Å². The highest BCUT2D eigenvalue weighted by atomic mass is 32.2. The van der Waals surface area contributed by atoms with Crippen LogP contribution in [-0.2, 0) is 0 Å². The van der Waals surface area contributed by atoms with Crippen molar-refractivity contribution in [3.63, 3.8) is 0 Å². The third-order valence-corrected chi connectivity index (χ3v) is 2.11. The number of aromatic nitrogens is 2. The van der Waals surface area contributed by atoms with E-state index < -0.39 is 5.51 Å². The van der Waals surface area contributed by atoms with Gasteiger partial charge in [0.25, 0.3) is 0 Å². The molecule has 0 spiro atoms. The lowest BCUT2D eigenvalue weighted by Crippen LogP contribution is -2.07. The van der Waals surface area contributed by atoms with Crippen molar-refractivity contribution in [1.82, 2.24) is 9.78 Å². The maximum absolute atomic E-state index is 12.0. The first-order valence-corrected chi connectivity index (χ1v) is 4.51. The third-order valence-electron chi connectivity index (χ3n) is 1.34. The van der Waals surface area contributed by atoms with Gasteiger partial charge in [-0.25, -0.2) is 0 Å². The van der Waals surface area contributed by atoms with Gasteiger partial charge in [0.15, 0.2) is 0 Å². The van der Waals surface area contributed by atoms with Crippen molar-refractivity contribution in [2.75, 3.05) is 0 Å². The van der Waals surface area contributed by atoms with E-state index in [0.29, 0.717) is 0 Å². The molecular weight excluding hydrogens is 201 g/mol. The standard InChI is InChI=1S/C7H9F3N2S/c1-5(2)12-6(3-4-11-12)13-7(8,9)10/h3-5H,1-2H3. The number of thioether (sulfide) groups is 1. The molecule has 0 saturated heterocycles. The van der Waals surface area contributed by atoms with Crippen molar-refractivity contribution in [2.24, 2.45) is 0 Å². The summed E-state index contributed by atoms with van der Waals surface area (Å²) < 4.78 is 37.3. The maximum Gasteiger partial charge on any atom is 0.447 e. The van der Waals surface area contributed by atoms with E-state index in [2.05, 4.69) is 5.10 Å². The largest absolute Gasteiger partial charge is 0.447 e. The number of alkyl halides is 3. The second-order valence-corrected chi connectivity index (χ2v) is 3.84. The zero-order chi connectivity index (χ0) is 10.1. The highest BCUT2D eigenvalue weighted by molar-refractivity contribution is 8.00. The molecule has 0 N–H and O–H groups in total. The minimum absolute atomic E-state index is 0.0557. The van der Waals surface area contributed by atoms with Gasteiger partial charge in [0.05, 0.1) is 6.20 Å². The van der Waals surface area contributed by atoms with Gasteiger partial charge in [0.2, 0.25) is 0 Å². The van der Waals surface area contributed by atoms with Gasteiger partial charge in [-0.3, -0.25) is 4.68 Å². The molecule has 0 fully saturated rings. The zero-order valence-electron chi connectivity index (χ0n) is 7.17. The molecule has 0 aromatic carbocycles. The molecule has 0 radical (unpaired) electrons. The molecule has 0 aliphatic heterocycles. The monoisotopic (exact) mass is 210 g/mol. The van der Waals surface area contributed by atoms with Crippen molar-refractivity contribution in [2.45, 2.75) is 30.4 Å². The van der Waals surface area contributed by atoms with Gasteiger partial charge in [-0.2, -0.15) is 18.3 Å². The van der Waals surface area contributed by atoms with Crippen molar-refractivity contribution in [3.8, 4) is 0 Å². The van der Waals surface area contributed by atoms with Crippen molar-refractivity contribution < 1.29 is 13.2 Å². The van der Waals surface area contributed by atoms with Crippen molar-refractivity contribution in [3.05, 3.63) is 12.3 Å². The Labute approximate surface area is 78.1 Å². The molecule has 0 bridgehead atoms. The second kappa shape index (κ2) is 3.61. The Bertz CT molecular complexity index is 280. The smallest absolute Gasteiger partial charge is 0.256 e. The summed E-state index contributed by atoms with van der Waals surface area (Å²) in [6.45, 7) is 3.57. The van der Waals surface area contributed by atoms with E-state index in [-0.39, 0.29) is 22.8 Å². The van der Waals surface area contributed by atoms with Crippen molar-refractivity contribution >= 4 is 11.8 Å². The van der Waals surface area contributed by atoms with Gasteiger partial charge in [-0.05, 0) is 19.9 Å². The predicted octanol–water partition coefficient (Wildman–Crippen LogP) is 3.08. The van der Waals surface area contributed by atoms with Gasteiger partial charge in [0, 0.05) is 17.8 Å². The lowest BCUT2D eigenvalue weighted by Gasteiger charge is -2.11. The molecule has 74 valence electrons. The van der Waals surface area contributed by atoms with Gasteiger partial charge in [-0.15, -0.1) is 0 Å². The van der Waals surface area contributed by atoms with Gasteiger partial charge in [-0.1, -0.05) is 0 Å². The van der Waals surface area contributed by atoms with E-state index in [1.165, 1.54) is 16.9 Å². The molecule has 0 atom stereocenters. The van der Waals surface area contributed by atoms with Crippen LogP contribution in [-0.4, -0.2) is 15.3 Å². The molecule has 1 heterocycles. The summed E-state index contributed by atoms with van der Waals surface area (Å²) in [6, 6.07) is 1.30. The van der Waals surface area contributed by atoms with E-state index in [0.717, 1.165) is 0 Å². The molecule has 0 unspecified atom stereocenters. The fraction of sp³-hybridized carbons (Fsp3) is 0.571. The molecule has 0 aliphatic carbocycles. The van der Waals surface area contributed by atoms with Crippen LogP contribution in [0.1, 0.15) is 19.9 Å². The first-order valence-electron chi connectivity index (χ1n) is 3.69. The highest BCUT2D eigenvalue weighted by Gasteiger charge is 2.31. The molecule has 0 amide bonds. The Kier molecular flexibility index (Phi) is 2.90. The second-order valence-electron chi connectivity index (χ2n) is 2.76. The summed E-state index contributed by atoms with van der Waals surface area (Å²) in [5.74, 6) is 0. The lowest BCUT2D eigenvalue weighted by molar-refractivity contribution is -0.0331. The Hall–Kier alpha value is -0.650.